The molecule has 5 nitrogen and oxygen atoms in total. The smallest absolute Gasteiger partial charge is 0.460 e. The predicted molar refractivity (Wildman–Crippen MR) is 75.1 cm³/mol. The Labute approximate surface area is 133 Å². The van der Waals surface area contributed by atoms with Gasteiger partial charge in [-0.05, 0) is 61.2 Å². The van der Waals surface area contributed by atoms with Crippen LogP contribution in [0.3, 0.4) is 0 Å². The minimum absolute atomic E-state index is 0.179. The monoisotopic (exact) mass is 350 g/mol. The van der Waals surface area contributed by atoms with Crippen molar-refractivity contribution >= 4 is 16.1 Å². The fourth-order valence-corrected chi connectivity index (χ4v) is 6.95. The lowest BCUT2D eigenvalue weighted by Crippen LogP contribution is -2.50. The van der Waals surface area contributed by atoms with Crippen LogP contribution in [-0.4, -0.2) is 30.8 Å². The predicted octanol–water partition coefficient (Wildman–Crippen LogP) is 2.62. The second-order valence-corrected chi connectivity index (χ2v) is 10.0. The number of ether oxygens (including phenoxy) is 1. The van der Waals surface area contributed by atoms with Gasteiger partial charge < -0.3 is 4.74 Å². The first-order chi connectivity index (χ1) is 10.4. The molecule has 4 rings (SSSR count). The molecule has 0 radical (unpaired) electrons. The highest BCUT2D eigenvalue weighted by atomic mass is 32.2. The molecule has 4 saturated carbocycles. The quantitative estimate of drug-likeness (QED) is 0.623. The summed E-state index contributed by atoms with van der Waals surface area (Å²) in [6.07, 6.45) is 6.09. The number of fused-ring (bicyclic) bond motifs is 2. The molecule has 1 N–H and O–H groups in total. The van der Waals surface area contributed by atoms with Gasteiger partial charge in [-0.15, -0.1) is 0 Å². The molecule has 5 unspecified atom stereocenters. The molecule has 4 aliphatic carbocycles. The summed E-state index contributed by atoms with van der Waals surface area (Å²) >= 11 is 0. The third-order valence-corrected chi connectivity index (χ3v) is 8.05. The SMILES string of the molecule is CC12CC3CC4(COC(=O)C(F)(F)S(=O)(=O)O)CC(C1)C2(C3)C4. The largest absolute Gasteiger partial charge is 0.465 e. The third-order valence-electron chi connectivity index (χ3n) is 7.24. The number of carbonyl (C=O) groups is 1. The summed E-state index contributed by atoms with van der Waals surface area (Å²) in [6, 6.07) is 0. The van der Waals surface area contributed by atoms with Crippen molar-refractivity contribution in [2.75, 3.05) is 6.61 Å². The number of carbonyl (C=O) groups excluding carboxylic acids is 1. The molecule has 8 heteroatoms. The van der Waals surface area contributed by atoms with E-state index in [1.165, 1.54) is 6.42 Å². The van der Waals surface area contributed by atoms with E-state index < -0.39 is 21.3 Å². The first-order valence-electron chi connectivity index (χ1n) is 7.95. The van der Waals surface area contributed by atoms with Crippen molar-refractivity contribution in [1.82, 2.24) is 0 Å². The summed E-state index contributed by atoms with van der Waals surface area (Å²) in [5.41, 5.74) is 0.309. The van der Waals surface area contributed by atoms with E-state index in [0.29, 0.717) is 17.3 Å². The molecule has 0 heterocycles. The van der Waals surface area contributed by atoms with Gasteiger partial charge in [-0.1, -0.05) is 6.92 Å². The first-order valence-corrected chi connectivity index (χ1v) is 9.39. The number of rotatable bonds is 4. The maximum Gasteiger partial charge on any atom is 0.465 e. The topological polar surface area (TPSA) is 80.7 Å². The first kappa shape index (κ1) is 15.7. The van der Waals surface area contributed by atoms with Crippen molar-refractivity contribution < 1.29 is 31.3 Å². The average Bonchev–Trinajstić information content (AvgIpc) is 2.70. The van der Waals surface area contributed by atoms with E-state index in [-0.39, 0.29) is 17.4 Å². The van der Waals surface area contributed by atoms with Gasteiger partial charge in [0.15, 0.2) is 0 Å². The Morgan fingerprint density at radius 1 is 1.26 bits per heavy atom. The van der Waals surface area contributed by atoms with Gasteiger partial charge >= 0.3 is 21.3 Å². The van der Waals surface area contributed by atoms with Crippen molar-refractivity contribution in [3.63, 3.8) is 0 Å². The molecule has 1 spiro atoms. The Hall–Kier alpha value is -0.760. The van der Waals surface area contributed by atoms with E-state index in [0.717, 1.165) is 32.1 Å². The van der Waals surface area contributed by atoms with Crippen LogP contribution in [0.2, 0.25) is 0 Å². The lowest BCUT2D eigenvalue weighted by atomic mass is 9.47. The molecule has 0 aromatic carbocycles. The van der Waals surface area contributed by atoms with Crippen molar-refractivity contribution in [3.8, 4) is 0 Å². The van der Waals surface area contributed by atoms with Gasteiger partial charge in [0, 0.05) is 5.41 Å². The minimum atomic E-state index is -5.80. The van der Waals surface area contributed by atoms with Crippen LogP contribution in [-0.2, 0) is 19.6 Å². The number of hydrogen-bond acceptors (Lipinski definition) is 4. The number of halogens is 2. The normalized spacial score (nSPS) is 47.3. The third kappa shape index (κ3) is 1.79. The molecule has 0 aromatic rings. The molecule has 130 valence electrons. The Kier molecular flexibility index (Phi) is 2.79. The van der Waals surface area contributed by atoms with Gasteiger partial charge in [0.2, 0.25) is 0 Å². The maximum atomic E-state index is 13.3. The Bertz CT molecular complexity index is 688. The summed E-state index contributed by atoms with van der Waals surface area (Å²) in [4.78, 5) is 11.4. The highest BCUT2D eigenvalue weighted by Crippen LogP contribution is 2.83. The fourth-order valence-electron chi connectivity index (χ4n) is 6.68. The Morgan fingerprint density at radius 2 is 1.96 bits per heavy atom. The van der Waals surface area contributed by atoms with Crippen LogP contribution in [0, 0.1) is 28.1 Å². The average molecular weight is 350 g/mol. The van der Waals surface area contributed by atoms with Crippen LogP contribution in [0.15, 0.2) is 0 Å². The van der Waals surface area contributed by atoms with Crippen molar-refractivity contribution in [3.05, 3.63) is 0 Å². The van der Waals surface area contributed by atoms with E-state index in [1.807, 2.05) is 0 Å². The molecule has 0 saturated heterocycles. The molecule has 23 heavy (non-hydrogen) atoms. The van der Waals surface area contributed by atoms with Crippen LogP contribution in [0.5, 0.6) is 0 Å². The molecule has 0 aromatic heterocycles. The molecule has 4 fully saturated rings. The van der Waals surface area contributed by atoms with Crippen LogP contribution in [0.4, 0.5) is 8.78 Å². The van der Waals surface area contributed by atoms with Gasteiger partial charge in [-0.25, -0.2) is 4.79 Å². The van der Waals surface area contributed by atoms with Crippen LogP contribution in [0.1, 0.15) is 45.4 Å². The van der Waals surface area contributed by atoms with Crippen molar-refractivity contribution in [2.45, 2.75) is 50.7 Å². The van der Waals surface area contributed by atoms with Gasteiger partial charge in [-0.3, -0.25) is 4.55 Å². The lowest BCUT2D eigenvalue weighted by Gasteiger charge is -2.57. The molecule has 0 amide bonds. The van der Waals surface area contributed by atoms with Crippen LogP contribution >= 0.6 is 0 Å². The molecule has 4 aliphatic rings. The van der Waals surface area contributed by atoms with Gasteiger partial charge in [0.1, 0.15) is 0 Å². The second-order valence-electron chi connectivity index (χ2n) is 8.55. The molecule has 0 aliphatic heterocycles. The summed E-state index contributed by atoms with van der Waals surface area (Å²) in [7, 11) is -5.80. The van der Waals surface area contributed by atoms with Crippen molar-refractivity contribution in [1.29, 1.82) is 0 Å². The summed E-state index contributed by atoms with van der Waals surface area (Å²) < 4.78 is 61.0. The molecule has 5 atom stereocenters. The molecular weight excluding hydrogens is 330 g/mol. The lowest BCUT2D eigenvalue weighted by molar-refractivity contribution is -0.166. The van der Waals surface area contributed by atoms with Crippen LogP contribution in [0.25, 0.3) is 0 Å². The van der Waals surface area contributed by atoms with E-state index >= 15 is 0 Å². The minimum Gasteiger partial charge on any atom is -0.460 e. The Balaban J connectivity index is 1.50. The Morgan fingerprint density at radius 3 is 2.61 bits per heavy atom. The van der Waals surface area contributed by atoms with Gasteiger partial charge in [0.05, 0.1) is 6.61 Å². The summed E-state index contributed by atoms with van der Waals surface area (Å²) in [6.45, 7) is 2.13. The standard InChI is InChI=1S/C15H20F2O5S/c1-12-2-9-3-13(6-10(5-12)14(12,4-9)7-13)8-22-11(18)15(16,17)23(19,20)21/h9-10H,2-8H2,1H3,(H,19,20,21). The number of esters is 1. The van der Waals surface area contributed by atoms with Crippen LogP contribution < -0.4 is 0 Å². The highest BCUT2D eigenvalue weighted by Gasteiger charge is 2.75. The van der Waals surface area contributed by atoms with E-state index in [4.69, 9.17) is 4.55 Å². The van der Waals surface area contributed by atoms with E-state index in [2.05, 4.69) is 11.7 Å². The summed E-state index contributed by atoms with van der Waals surface area (Å²) in [5, 5.41) is -4.90. The highest BCUT2D eigenvalue weighted by molar-refractivity contribution is 7.87. The second kappa shape index (κ2) is 4.07. The van der Waals surface area contributed by atoms with Gasteiger partial charge in [-0.2, -0.15) is 17.2 Å². The van der Waals surface area contributed by atoms with E-state index in [1.54, 1.807) is 0 Å². The maximum absolute atomic E-state index is 13.3. The zero-order valence-corrected chi connectivity index (χ0v) is 13.7. The molecule has 3 bridgehead atoms. The number of hydrogen-bond donors (Lipinski definition) is 1. The zero-order chi connectivity index (χ0) is 16.9. The number of alkyl halides is 2. The zero-order valence-electron chi connectivity index (χ0n) is 12.8. The van der Waals surface area contributed by atoms with Gasteiger partial charge in [0.25, 0.3) is 0 Å². The fraction of sp³-hybridized carbons (Fsp3) is 0.933. The van der Waals surface area contributed by atoms with E-state index in [9.17, 15) is 22.0 Å². The summed E-state index contributed by atoms with van der Waals surface area (Å²) in [5.74, 6) is -1.06. The van der Waals surface area contributed by atoms with Crippen molar-refractivity contribution in [2.24, 2.45) is 28.1 Å². The molecular formula is C15H20F2O5S.